The van der Waals surface area contributed by atoms with Gasteiger partial charge in [0.1, 0.15) is 5.75 Å². The van der Waals surface area contributed by atoms with E-state index < -0.39 is 0 Å². The smallest absolute Gasteiger partial charge is 0.122 e. The molecule has 2 saturated carbocycles. The molecule has 20 heavy (non-hydrogen) atoms. The molecule has 1 aromatic rings. The van der Waals surface area contributed by atoms with Crippen LogP contribution < -0.4 is 10.5 Å². The first-order valence-electron chi connectivity index (χ1n) is 7.66. The molecule has 2 fully saturated rings. The molecule has 0 aliphatic heterocycles. The lowest BCUT2D eigenvalue weighted by molar-refractivity contribution is 0.0781. The third-order valence-electron chi connectivity index (χ3n) is 5.21. The Morgan fingerprint density at radius 2 is 2.00 bits per heavy atom. The lowest BCUT2D eigenvalue weighted by Gasteiger charge is -2.29. The van der Waals surface area contributed by atoms with Gasteiger partial charge in [-0.25, -0.2) is 0 Å². The number of ether oxygens (including phenoxy) is 1. The summed E-state index contributed by atoms with van der Waals surface area (Å²) >= 11 is 0. The Morgan fingerprint density at radius 3 is 2.60 bits per heavy atom. The maximum Gasteiger partial charge on any atom is 0.122 e. The van der Waals surface area contributed by atoms with Crippen LogP contribution >= 0.6 is 0 Å². The first kappa shape index (κ1) is 13.9. The topological polar surface area (TPSA) is 55.5 Å². The van der Waals surface area contributed by atoms with Crippen LogP contribution in [0.3, 0.4) is 0 Å². The van der Waals surface area contributed by atoms with E-state index in [9.17, 15) is 5.11 Å². The van der Waals surface area contributed by atoms with Crippen LogP contribution in [0.4, 0.5) is 0 Å². The van der Waals surface area contributed by atoms with E-state index in [1.54, 1.807) is 7.11 Å². The van der Waals surface area contributed by atoms with Crippen LogP contribution in [-0.4, -0.2) is 24.9 Å². The van der Waals surface area contributed by atoms with Crippen LogP contribution in [-0.2, 0) is 0 Å². The second kappa shape index (κ2) is 5.38. The molecule has 0 saturated heterocycles. The lowest BCUT2D eigenvalue weighted by atomic mass is 9.82. The average molecular weight is 275 g/mol. The van der Waals surface area contributed by atoms with Crippen molar-refractivity contribution < 1.29 is 9.84 Å². The minimum Gasteiger partial charge on any atom is -0.496 e. The Labute approximate surface area is 121 Å². The van der Waals surface area contributed by atoms with Crippen molar-refractivity contribution in [3.8, 4) is 5.75 Å². The van der Waals surface area contributed by atoms with E-state index in [0.717, 1.165) is 23.1 Å². The molecule has 3 heteroatoms. The van der Waals surface area contributed by atoms with E-state index in [0.29, 0.717) is 12.5 Å². The molecule has 0 heterocycles. The zero-order chi connectivity index (χ0) is 14.3. The number of aliphatic hydroxyl groups is 1. The molecule has 0 aromatic heterocycles. The number of fused-ring (bicyclic) bond motifs is 1. The van der Waals surface area contributed by atoms with Crippen molar-refractivity contribution in [2.45, 2.75) is 38.2 Å². The highest BCUT2D eigenvalue weighted by Crippen LogP contribution is 2.56. The highest BCUT2D eigenvalue weighted by atomic mass is 16.5. The average Bonchev–Trinajstić information content (AvgIpc) is 3.06. The maximum atomic E-state index is 10.8. The van der Waals surface area contributed by atoms with Gasteiger partial charge in [0, 0.05) is 18.0 Å². The van der Waals surface area contributed by atoms with Gasteiger partial charge in [-0.3, -0.25) is 0 Å². The fourth-order valence-electron chi connectivity index (χ4n) is 3.96. The highest BCUT2D eigenvalue weighted by molar-refractivity contribution is 5.40. The quantitative estimate of drug-likeness (QED) is 0.868. The summed E-state index contributed by atoms with van der Waals surface area (Å²) in [5, 5.41) is 10.8. The van der Waals surface area contributed by atoms with Gasteiger partial charge in [-0.2, -0.15) is 0 Å². The molecule has 3 nitrogen and oxygen atoms in total. The fourth-order valence-corrected chi connectivity index (χ4v) is 3.96. The molecule has 110 valence electrons. The van der Waals surface area contributed by atoms with Crippen LogP contribution in [0.1, 0.15) is 36.3 Å². The third kappa shape index (κ3) is 2.45. The summed E-state index contributed by atoms with van der Waals surface area (Å²) < 4.78 is 5.46. The highest BCUT2D eigenvalue weighted by Gasteiger charge is 2.48. The largest absolute Gasteiger partial charge is 0.496 e. The molecule has 2 aliphatic carbocycles. The summed E-state index contributed by atoms with van der Waals surface area (Å²) in [6.07, 6.45) is 3.39. The molecule has 0 amide bonds. The first-order valence-corrected chi connectivity index (χ1v) is 7.66. The number of aliphatic hydroxyl groups excluding tert-OH is 1. The summed E-state index contributed by atoms with van der Waals surface area (Å²) in [7, 11) is 1.68. The molecule has 1 aromatic carbocycles. The molecule has 0 radical (unpaired) electrons. The Balaban J connectivity index is 1.83. The fraction of sp³-hybridized carbons (Fsp3) is 0.647. The standard InChI is InChI=1S/C17H25NO2/c1-10-3-4-16(20-2)14(5-10)15(9-18)17(19)13-7-11-6-12(11)8-13/h3-5,11-13,15,17,19H,6-9,18H2,1-2H3. The third-order valence-corrected chi connectivity index (χ3v) is 5.21. The summed E-state index contributed by atoms with van der Waals surface area (Å²) in [6.45, 7) is 2.53. The van der Waals surface area contributed by atoms with Crippen molar-refractivity contribution in [1.29, 1.82) is 0 Å². The molecule has 0 bridgehead atoms. The molecule has 3 N–H and O–H groups in total. The molecule has 4 unspecified atom stereocenters. The zero-order valence-electron chi connectivity index (χ0n) is 12.4. The zero-order valence-corrected chi connectivity index (χ0v) is 12.4. The predicted octanol–water partition coefficient (Wildman–Crippen LogP) is 2.45. The summed E-state index contributed by atoms with van der Waals surface area (Å²) in [6, 6.07) is 6.12. The minimum atomic E-state index is -0.344. The number of benzene rings is 1. The van der Waals surface area contributed by atoms with Gasteiger partial charge in [0.2, 0.25) is 0 Å². The van der Waals surface area contributed by atoms with Gasteiger partial charge in [0.25, 0.3) is 0 Å². The first-order chi connectivity index (χ1) is 9.63. The molecule has 3 rings (SSSR count). The number of nitrogens with two attached hydrogens (primary N) is 1. The van der Waals surface area contributed by atoms with Crippen molar-refractivity contribution in [3.05, 3.63) is 29.3 Å². The Morgan fingerprint density at radius 1 is 1.30 bits per heavy atom. The number of hydrogen-bond acceptors (Lipinski definition) is 3. The predicted molar refractivity (Wildman–Crippen MR) is 79.9 cm³/mol. The van der Waals surface area contributed by atoms with Gasteiger partial charge in [-0.05, 0) is 50.0 Å². The molecule has 0 spiro atoms. The molecule has 2 aliphatic rings. The second-order valence-electron chi connectivity index (χ2n) is 6.57. The van der Waals surface area contributed by atoms with Gasteiger partial charge < -0.3 is 15.6 Å². The van der Waals surface area contributed by atoms with Gasteiger partial charge >= 0.3 is 0 Å². The van der Waals surface area contributed by atoms with Crippen molar-refractivity contribution in [1.82, 2.24) is 0 Å². The lowest BCUT2D eigenvalue weighted by Crippen LogP contribution is -2.32. The van der Waals surface area contributed by atoms with Gasteiger partial charge in [0.05, 0.1) is 13.2 Å². The molecule has 4 atom stereocenters. The van der Waals surface area contributed by atoms with Gasteiger partial charge in [-0.15, -0.1) is 0 Å². The summed E-state index contributed by atoms with van der Waals surface area (Å²) in [5.41, 5.74) is 8.22. The Kier molecular flexibility index (Phi) is 3.74. The van der Waals surface area contributed by atoms with Crippen LogP contribution in [0.5, 0.6) is 5.75 Å². The summed E-state index contributed by atoms with van der Waals surface area (Å²) in [4.78, 5) is 0. The van der Waals surface area contributed by atoms with Crippen LogP contribution in [0.25, 0.3) is 0 Å². The number of hydrogen-bond donors (Lipinski definition) is 2. The molecular formula is C17H25NO2. The Hall–Kier alpha value is -1.06. The molecular weight excluding hydrogens is 250 g/mol. The normalized spacial score (nSPS) is 30.7. The van der Waals surface area contributed by atoms with E-state index in [1.165, 1.54) is 24.8 Å². The van der Waals surface area contributed by atoms with Crippen molar-refractivity contribution in [2.24, 2.45) is 23.5 Å². The summed E-state index contributed by atoms with van der Waals surface area (Å²) in [5.74, 6) is 3.00. The van der Waals surface area contributed by atoms with Gasteiger partial charge in [-0.1, -0.05) is 17.7 Å². The van der Waals surface area contributed by atoms with E-state index in [2.05, 4.69) is 13.0 Å². The van der Waals surface area contributed by atoms with E-state index in [4.69, 9.17) is 10.5 Å². The number of methoxy groups -OCH3 is 1. The van der Waals surface area contributed by atoms with Crippen molar-refractivity contribution in [2.75, 3.05) is 13.7 Å². The van der Waals surface area contributed by atoms with Crippen molar-refractivity contribution in [3.63, 3.8) is 0 Å². The number of aryl methyl sites for hydroxylation is 1. The van der Waals surface area contributed by atoms with Crippen LogP contribution in [0.2, 0.25) is 0 Å². The van der Waals surface area contributed by atoms with Crippen LogP contribution in [0.15, 0.2) is 18.2 Å². The van der Waals surface area contributed by atoms with E-state index >= 15 is 0 Å². The second-order valence-corrected chi connectivity index (χ2v) is 6.57. The Bertz CT molecular complexity index is 478. The number of rotatable bonds is 5. The van der Waals surface area contributed by atoms with E-state index in [1.807, 2.05) is 12.1 Å². The van der Waals surface area contributed by atoms with Crippen molar-refractivity contribution >= 4 is 0 Å². The maximum absolute atomic E-state index is 10.8. The van der Waals surface area contributed by atoms with E-state index in [-0.39, 0.29) is 12.0 Å². The van der Waals surface area contributed by atoms with Crippen LogP contribution in [0, 0.1) is 24.7 Å². The SMILES string of the molecule is COc1ccc(C)cc1C(CN)C(O)C1CC2CC2C1. The monoisotopic (exact) mass is 275 g/mol. The minimum absolute atomic E-state index is 0.0210. The van der Waals surface area contributed by atoms with Gasteiger partial charge in [0.15, 0.2) is 0 Å².